The molecule has 3 aromatic rings. The molecule has 180 valence electrons. The van der Waals surface area contributed by atoms with Crippen molar-refractivity contribution < 1.29 is 15.0 Å². The van der Waals surface area contributed by atoms with Crippen molar-refractivity contribution in [2.75, 3.05) is 11.9 Å². The van der Waals surface area contributed by atoms with Crippen molar-refractivity contribution in [3.8, 4) is 28.1 Å². The quantitative estimate of drug-likeness (QED) is 0.493. The van der Waals surface area contributed by atoms with Gasteiger partial charge in [-0.15, -0.1) is 10.2 Å². The molecular formula is C24H31N7O3. The lowest BCUT2D eigenvalue weighted by Crippen LogP contribution is -2.62. The number of carboxylic acid groups (broad SMARTS) is 1. The minimum Gasteiger partial charge on any atom is -0.507 e. The number of hydrogen-bond acceptors (Lipinski definition) is 9. The number of nitrogens with one attached hydrogen (secondary N) is 1. The van der Waals surface area contributed by atoms with Crippen molar-refractivity contribution in [1.82, 2.24) is 30.5 Å². The second-order valence-corrected chi connectivity index (χ2v) is 9.67. The summed E-state index contributed by atoms with van der Waals surface area (Å²) >= 11 is 0. The molecule has 0 atom stereocenters. The molecular weight excluding hydrogens is 434 g/mol. The molecule has 0 saturated carbocycles. The summed E-state index contributed by atoms with van der Waals surface area (Å²) in [6, 6.07) is 5.69. The maximum absolute atomic E-state index is 10.5. The lowest BCUT2D eigenvalue weighted by Gasteiger charge is -2.48. The topological polar surface area (TPSA) is 137 Å². The fourth-order valence-corrected chi connectivity index (χ4v) is 4.64. The monoisotopic (exact) mass is 465 g/mol. The van der Waals surface area contributed by atoms with Crippen molar-refractivity contribution in [1.29, 1.82) is 0 Å². The highest BCUT2D eigenvalue weighted by atomic mass is 16.3. The molecule has 0 spiro atoms. The van der Waals surface area contributed by atoms with Gasteiger partial charge in [0.2, 0.25) is 5.95 Å². The fourth-order valence-electron chi connectivity index (χ4n) is 4.64. The Kier molecular flexibility index (Phi) is 7.41. The summed E-state index contributed by atoms with van der Waals surface area (Å²) in [5.74, 6) is 0.695. The van der Waals surface area contributed by atoms with Gasteiger partial charge in [-0.2, -0.15) is 0 Å². The Bertz CT molecular complexity index is 1090. The molecule has 0 radical (unpaired) electrons. The van der Waals surface area contributed by atoms with Crippen LogP contribution in [0.2, 0.25) is 0 Å². The standard InChI is InChI=1S/C23H29N7O.CH2O2/c1-22(2)9-17(10-23(3,4)29-22)30(5)21-26-13-19(27-28-21)18-7-6-15(8-20(18)31)16-11-24-14-25-12-16;2-1-3/h6-8,11-14,17,29,31H,9-10H2,1-5H3;1H,(H,2,3). The van der Waals surface area contributed by atoms with E-state index in [2.05, 4.69) is 63.1 Å². The third-order valence-electron chi connectivity index (χ3n) is 5.75. The van der Waals surface area contributed by atoms with Gasteiger partial charge >= 0.3 is 0 Å². The average molecular weight is 466 g/mol. The Morgan fingerprint density at radius 1 is 1.03 bits per heavy atom. The predicted octanol–water partition coefficient (Wildman–Crippen LogP) is 3.15. The summed E-state index contributed by atoms with van der Waals surface area (Å²) in [6.45, 7) is 8.66. The van der Waals surface area contributed by atoms with Gasteiger partial charge in [-0.1, -0.05) is 6.07 Å². The Labute approximate surface area is 199 Å². The van der Waals surface area contributed by atoms with Gasteiger partial charge in [-0.05, 0) is 58.2 Å². The van der Waals surface area contributed by atoms with E-state index in [0.717, 1.165) is 24.0 Å². The third-order valence-corrected chi connectivity index (χ3v) is 5.75. The SMILES string of the molecule is CN(c1ncc(-c2ccc(-c3cncnc3)cc2O)nn1)C1CC(C)(C)NC(C)(C)C1.O=CO. The number of phenolic OH excluding ortho intramolecular Hbond substituents is 1. The summed E-state index contributed by atoms with van der Waals surface area (Å²) in [6.07, 6.45) is 8.53. The van der Waals surface area contributed by atoms with Gasteiger partial charge in [0.25, 0.3) is 6.47 Å². The van der Waals surface area contributed by atoms with Gasteiger partial charge in [0.1, 0.15) is 17.8 Å². The third kappa shape index (κ3) is 6.02. The average Bonchev–Trinajstić information content (AvgIpc) is 2.78. The summed E-state index contributed by atoms with van der Waals surface area (Å²) in [7, 11) is 2.02. The molecule has 4 rings (SSSR count). The molecule has 34 heavy (non-hydrogen) atoms. The summed E-state index contributed by atoms with van der Waals surface area (Å²) < 4.78 is 0. The highest BCUT2D eigenvalue weighted by Crippen LogP contribution is 2.34. The summed E-state index contributed by atoms with van der Waals surface area (Å²) in [5, 5.41) is 29.8. The zero-order valence-corrected chi connectivity index (χ0v) is 20.1. The molecule has 0 bridgehead atoms. The zero-order chi connectivity index (χ0) is 24.9. The molecule has 1 aromatic carbocycles. The maximum atomic E-state index is 10.5. The second-order valence-electron chi connectivity index (χ2n) is 9.67. The number of aromatic nitrogens is 5. The van der Waals surface area contributed by atoms with E-state index in [4.69, 9.17) is 9.90 Å². The smallest absolute Gasteiger partial charge is 0.290 e. The number of rotatable bonds is 4. The molecule has 3 heterocycles. The minimum absolute atomic E-state index is 0.0331. The largest absolute Gasteiger partial charge is 0.507 e. The molecule has 1 fully saturated rings. The second kappa shape index (κ2) is 10.1. The van der Waals surface area contributed by atoms with Crippen LogP contribution in [0.4, 0.5) is 5.95 Å². The number of hydrogen-bond donors (Lipinski definition) is 3. The highest BCUT2D eigenvalue weighted by molar-refractivity contribution is 5.73. The van der Waals surface area contributed by atoms with Crippen LogP contribution in [0.1, 0.15) is 40.5 Å². The number of anilines is 1. The maximum Gasteiger partial charge on any atom is 0.290 e. The first-order chi connectivity index (χ1) is 16.0. The van der Waals surface area contributed by atoms with Crippen molar-refractivity contribution in [2.45, 2.75) is 57.7 Å². The van der Waals surface area contributed by atoms with Crippen molar-refractivity contribution >= 4 is 12.4 Å². The molecule has 0 unspecified atom stereocenters. The van der Waals surface area contributed by atoms with Crippen molar-refractivity contribution in [2.24, 2.45) is 0 Å². The van der Waals surface area contributed by atoms with Gasteiger partial charge in [0.05, 0.1) is 6.20 Å². The first kappa shape index (κ1) is 25.0. The first-order valence-electron chi connectivity index (χ1n) is 10.9. The number of carbonyl (C=O) groups is 1. The van der Waals surface area contributed by atoms with E-state index in [-0.39, 0.29) is 23.3 Å². The van der Waals surface area contributed by atoms with E-state index in [1.807, 2.05) is 19.2 Å². The van der Waals surface area contributed by atoms with E-state index in [1.165, 1.54) is 6.33 Å². The lowest BCUT2D eigenvalue weighted by molar-refractivity contribution is -0.122. The minimum atomic E-state index is -0.250. The molecule has 1 saturated heterocycles. The van der Waals surface area contributed by atoms with Crippen molar-refractivity contribution in [3.63, 3.8) is 0 Å². The molecule has 1 aliphatic rings. The van der Waals surface area contributed by atoms with Crippen LogP contribution in [0.25, 0.3) is 22.4 Å². The van der Waals surface area contributed by atoms with E-state index >= 15 is 0 Å². The van der Waals surface area contributed by atoms with Crippen LogP contribution >= 0.6 is 0 Å². The normalized spacial score (nSPS) is 16.7. The van der Waals surface area contributed by atoms with Gasteiger partial charge in [-0.3, -0.25) is 4.79 Å². The lowest BCUT2D eigenvalue weighted by atomic mass is 9.79. The zero-order valence-electron chi connectivity index (χ0n) is 20.1. The Morgan fingerprint density at radius 3 is 2.18 bits per heavy atom. The first-order valence-corrected chi connectivity index (χ1v) is 10.9. The number of phenols is 1. The van der Waals surface area contributed by atoms with Gasteiger partial charge in [0, 0.05) is 47.7 Å². The van der Waals surface area contributed by atoms with Crippen LogP contribution in [0.3, 0.4) is 0 Å². The van der Waals surface area contributed by atoms with Crippen LogP contribution in [0, 0.1) is 0 Å². The molecule has 2 aromatic heterocycles. The van der Waals surface area contributed by atoms with Gasteiger partial charge < -0.3 is 20.4 Å². The highest BCUT2D eigenvalue weighted by Gasteiger charge is 2.39. The van der Waals surface area contributed by atoms with E-state index in [1.54, 1.807) is 24.7 Å². The van der Waals surface area contributed by atoms with E-state index in [9.17, 15) is 5.11 Å². The van der Waals surface area contributed by atoms with Crippen molar-refractivity contribution in [3.05, 3.63) is 43.1 Å². The molecule has 10 nitrogen and oxygen atoms in total. The molecule has 1 aliphatic heterocycles. The molecule has 0 amide bonds. The number of nitrogens with zero attached hydrogens (tertiary/aromatic N) is 6. The van der Waals surface area contributed by atoms with Gasteiger partial charge in [0.15, 0.2) is 0 Å². The van der Waals surface area contributed by atoms with E-state index < -0.39 is 0 Å². The van der Waals surface area contributed by atoms with Crippen LogP contribution in [0.15, 0.2) is 43.1 Å². The Morgan fingerprint density at radius 2 is 1.65 bits per heavy atom. The fraction of sp³-hybridized carbons (Fsp3) is 0.417. The van der Waals surface area contributed by atoms with Crippen LogP contribution < -0.4 is 10.2 Å². The van der Waals surface area contributed by atoms with Crippen LogP contribution in [-0.4, -0.2) is 66.0 Å². The number of benzene rings is 1. The van der Waals surface area contributed by atoms with Crippen LogP contribution in [0.5, 0.6) is 5.75 Å². The molecule has 3 N–H and O–H groups in total. The Hall–Kier alpha value is -3.66. The summed E-state index contributed by atoms with van der Waals surface area (Å²) in [5.41, 5.74) is 2.83. The van der Waals surface area contributed by atoms with Crippen LogP contribution in [-0.2, 0) is 4.79 Å². The Balaban J connectivity index is 0.00000103. The number of aromatic hydroxyl groups is 1. The number of piperidine rings is 1. The molecule has 0 aliphatic carbocycles. The van der Waals surface area contributed by atoms with Gasteiger partial charge in [-0.25, -0.2) is 15.0 Å². The summed E-state index contributed by atoms with van der Waals surface area (Å²) in [4.78, 5) is 23.1. The van der Waals surface area contributed by atoms with E-state index in [0.29, 0.717) is 23.2 Å². The molecule has 10 heteroatoms. The predicted molar refractivity (Wildman–Crippen MR) is 129 cm³/mol.